The van der Waals surface area contributed by atoms with Crippen LogP contribution in [0.2, 0.25) is 5.02 Å². The molecule has 2 rings (SSSR count). The fourth-order valence-corrected chi connectivity index (χ4v) is 2.27. The zero-order valence-corrected chi connectivity index (χ0v) is 14.9. The Bertz CT molecular complexity index is 815. The molecule has 0 aliphatic rings. The summed E-state index contributed by atoms with van der Waals surface area (Å²) in [6.07, 6.45) is -2.88. The van der Waals surface area contributed by atoms with Crippen molar-refractivity contribution in [2.24, 2.45) is 0 Å². The Hall–Kier alpha value is -2.52. The molecule has 0 aromatic heterocycles. The lowest BCUT2D eigenvalue weighted by Gasteiger charge is -2.12. The molecule has 0 aliphatic heterocycles. The lowest BCUT2D eigenvalue weighted by atomic mass is 10.2. The second kappa shape index (κ2) is 8.92. The van der Waals surface area contributed by atoms with Crippen LogP contribution in [0.4, 0.5) is 24.5 Å². The molecule has 0 radical (unpaired) electrons. The molecule has 0 atom stereocenters. The van der Waals surface area contributed by atoms with Crippen LogP contribution in [-0.2, 0) is 11.0 Å². The highest BCUT2D eigenvalue weighted by atomic mass is 35.5. The van der Waals surface area contributed by atoms with Crippen LogP contribution in [0.15, 0.2) is 36.4 Å². The highest BCUT2D eigenvalue weighted by Crippen LogP contribution is 2.37. The van der Waals surface area contributed by atoms with Gasteiger partial charge in [-0.05, 0) is 30.7 Å². The number of alkyl halides is 3. The van der Waals surface area contributed by atoms with Crippen LogP contribution in [0.25, 0.3) is 0 Å². The Kier molecular flexibility index (Phi) is 6.86. The normalized spacial score (nSPS) is 11.3. The quantitative estimate of drug-likeness (QED) is 0.322. The monoisotopic (exact) mass is 404 g/mol. The van der Waals surface area contributed by atoms with E-state index in [0.29, 0.717) is 6.61 Å². The number of halogens is 4. The summed E-state index contributed by atoms with van der Waals surface area (Å²) in [6.45, 7) is 2.32. The number of nitrogens with zero attached hydrogens (tertiary/aromatic N) is 1. The molecule has 0 aliphatic carbocycles. The first-order valence-electron chi connectivity index (χ1n) is 7.93. The second-order valence-corrected chi connectivity index (χ2v) is 5.89. The third kappa shape index (κ3) is 5.73. The average molecular weight is 405 g/mol. The first-order chi connectivity index (χ1) is 12.7. The van der Waals surface area contributed by atoms with Gasteiger partial charge >= 0.3 is 6.18 Å². The highest BCUT2D eigenvalue weighted by Gasteiger charge is 2.31. The summed E-state index contributed by atoms with van der Waals surface area (Å²) in [7, 11) is 0. The van der Waals surface area contributed by atoms with Gasteiger partial charge in [0, 0.05) is 12.1 Å². The van der Waals surface area contributed by atoms with Crippen molar-refractivity contribution in [3.8, 4) is 11.5 Å². The fraction of sp³-hybridized carbons (Fsp3) is 0.294. The highest BCUT2D eigenvalue weighted by molar-refractivity contribution is 6.32. The summed E-state index contributed by atoms with van der Waals surface area (Å²) < 4.78 is 43.5. The van der Waals surface area contributed by atoms with E-state index in [1.165, 1.54) is 18.2 Å². The van der Waals surface area contributed by atoms with Crippen molar-refractivity contribution < 1.29 is 27.7 Å². The summed E-state index contributed by atoms with van der Waals surface area (Å²) in [5.41, 5.74) is 1.40. The summed E-state index contributed by atoms with van der Waals surface area (Å²) in [6, 6.07) is 6.46. The van der Waals surface area contributed by atoms with E-state index in [4.69, 9.17) is 21.2 Å². The van der Waals surface area contributed by atoms with Crippen molar-refractivity contribution in [1.82, 2.24) is 0 Å². The van der Waals surface area contributed by atoms with Crippen molar-refractivity contribution in [3.63, 3.8) is 0 Å². The number of rotatable bonds is 8. The average Bonchev–Trinajstić information content (AvgIpc) is 2.59. The van der Waals surface area contributed by atoms with E-state index in [0.717, 1.165) is 31.0 Å². The van der Waals surface area contributed by atoms with Crippen LogP contribution in [0, 0.1) is 10.1 Å². The predicted octanol–water partition coefficient (Wildman–Crippen LogP) is 6.20. The third-order valence-electron chi connectivity index (χ3n) is 3.43. The van der Waals surface area contributed by atoms with Gasteiger partial charge in [0.05, 0.1) is 22.1 Å². The van der Waals surface area contributed by atoms with Crippen LogP contribution >= 0.6 is 11.6 Å². The summed E-state index contributed by atoms with van der Waals surface area (Å²) in [5.74, 6) is 0.125. The van der Waals surface area contributed by atoms with Gasteiger partial charge in [0.15, 0.2) is 0 Å². The number of benzene rings is 2. The number of ether oxygens (including phenoxy) is 1. The van der Waals surface area contributed by atoms with E-state index in [-0.39, 0.29) is 27.9 Å². The zero-order valence-electron chi connectivity index (χ0n) is 14.2. The maximum atomic E-state index is 12.7. The molecule has 0 unspecified atom stereocenters. The van der Waals surface area contributed by atoms with Gasteiger partial charge in [-0.2, -0.15) is 13.2 Å². The largest absolute Gasteiger partial charge is 0.456 e. The van der Waals surface area contributed by atoms with Crippen LogP contribution in [0.1, 0.15) is 25.3 Å². The number of hydrogen-bond donors (Lipinski definition) is 1. The molecule has 0 fully saturated rings. The van der Waals surface area contributed by atoms with Gasteiger partial charge in [0.2, 0.25) is 0 Å². The van der Waals surface area contributed by atoms with Crippen molar-refractivity contribution >= 4 is 23.0 Å². The Morgan fingerprint density at radius 1 is 1.22 bits per heavy atom. The molecular formula is C17H16ClF3N2O4. The molecule has 2 aromatic rings. The molecule has 146 valence electrons. The number of hydrogen-bond acceptors (Lipinski definition) is 5. The predicted molar refractivity (Wildman–Crippen MR) is 94.1 cm³/mol. The van der Waals surface area contributed by atoms with Gasteiger partial charge in [-0.1, -0.05) is 24.9 Å². The lowest BCUT2D eigenvalue weighted by Crippen LogP contribution is -2.05. The van der Waals surface area contributed by atoms with Crippen LogP contribution in [0.3, 0.4) is 0 Å². The zero-order chi connectivity index (χ0) is 20.0. The standard InChI is InChI=1S/C17H16ClF3N2O4/c1-2-3-8-26-22-14-10-12(5-6-15(14)23(24)25)27-16-7-4-11(9-13(16)18)17(19,20)21/h4-7,9-10,22H,2-3,8H2,1H3. The van der Waals surface area contributed by atoms with Crippen molar-refractivity contribution in [1.29, 1.82) is 0 Å². The van der Waals surface area contributed by atoms with Crippen molar-refractivity contribution in [3.05, 3.63) is 57.1 Å². The van der Waals surface area contributed by atoms with Gasteiger partial charge in [-0.15, -0.1) is 0 Å². The molecule has 0 bridgehead atoms. The minimum atomic E-state index is -4.53. The molecule has 27 heavy (non-hydrogen) atoms. The molecular weight excluding hydrogens is 389 g/mol. The van der Waals surface area contributed by atoms with Gasteiger partial charge in [-0.25, -0.2) is 0 Å². The topological polar surface area (TPSA) is 73.6 Å². The smallest absolute Gasteiger partial charge is 0.416 e. The SMILES string of the molecule is CCCCONc1cc(Oc2ccc(C(F)(F)F)cc2Cl)ccc1[N+](=O)[O-]. The molecule has 1 N–H and O–H groups in total. The van der Waals surface area contributed by atoms with Gasteiger partial charge < -0.3 is 4.74 Å². The lowest BCUT2D eigenvalue weighted by molar-refractivity contribution is -0.384. The maximum absolute atomic E-state index is 12.7. The van der Waals surface area contributed by atoms with Gasteiger partial charge in [0.1, 0.15) is 17.2 Å². The number of nitro groups is 1. The molecule has 0 saturated heterocycles. The van der Waals surface area contributed by atoms with Crippen LogP contribution < -0.4 is 10.2 Å². The Morgan fingerprint density at radius 2 is 1.96 bits per heavy atom. The van der Waals surface area contributed by atoms with Gasteiger partial charge in [-0.3, -0.25) is 20.4 Å². The molecule has 0 heterocycles. The van der Waals surface area contributed by atoms with Gasteiger partial charge in [0.25, 0.3) is 5.69 Å². The summed E-state index contributed by atoms with van der Waals surface area (Å²) >= 11 is 5.85. The summed E-state index contributed by atoms with van der Waals surface area (Å²) in [4.78, 5) is 15.7. The molecule has 0 saturated carbocycles. The number of nitro benzene ring substituents is 1. The van der Waals surface area contributed by atoms with Crippen LogP contribution in [0.5, 0.6) is 11.5 Å². The molecule has 10 heteroatoms. The minimum Gasteiger partial charge on any atom is -0.456 e. The molecule has 2 aromatic carbocycles. The van der Waals surface area contributed by atoms with E-state index in [1.54, 1.807) is 0 Å². The number of unbranched alkanes of at least 4 members (excludes halogenated alkanes) is 1. The van der Waals surface area contributed by atoms with E-state index < -0.39 is 16.7 Å². The van der Waals surface area contributed by atoms with Crippen molar-refractivity contribution in [2.45, 2.75) is 25.9 Å². The van der Waals surface area contributed by atoms with Crippen molar-refractivity contribution in [2.75, 3.05) is 12.1 Å². The summed E-state index contributed by atoms with van der Waals surface area (Å²) in [5, 5.41) is 10.9. The van der Waals surface area contributed by atoms with E-state index in [2.05, 4.69) is 5.48 Å². The molecule has 0 amide bonds. The first-order valence-corrected chi connectivity index (χ1v) is 8.31. The Labute approximate surface area is 157 Å². The van der Waals surface area contributed by atoms with E-state index in [1.807, 2.05) is 6.92 Å². The molecule has 0 spiro atoms. The number of nitrogens with one attached hydrogen (secondary N) is 1. The fourth-order valence-electron chi connectivity index (χ4n) is 2.05. The second-order valence-electron chi connectivity index (χ2n) is 5.49. The Morgan fingerprint density at radius 3 is 2.56 bits per heavy atom. The molecule has 6 nitrogen and oxygen atoms in total. The van der Waals surface area contributed by atoms with Crippen LogP contribution in [-0.4, -0.2) is 11.5 Å². The maximum Gasteiger partial charge on any atom is 0.416 e. The number of anilines is 1. The first kappa shape index (κ1) is 20.8. The van der Waals surface area contributed by atoms with E-state index in [9.17, 15) is 23.3 Å². The third-order valence-corrected chi connectivity index (χ3v) is 3.73. The Balaban J connectivity index is 2.22. The van der Waals surface area contributed by atoms with E-state index >= 15 is 0 Å². The minimum absolute atomic E-state index is 0.0172.